The van der Waals surface area contributed by atoms with Gasteiger partial charge in [-0.15, -0.1) is 0 Å². The van der Waals surface area contributed by atoms with Crippen LogP contribution < -0.4 is 4.74 Å². The summed E-state index contributed by atoms with van der Waals surface area (Å²) < 4.78 is 5.52. The van der Waals surface area contributed by atoms with Crippen molar-refractivity contribution in [3.63, 3.8) is 0 Å². The topological polar surface area (TPSA) is 78.2 Å². The van der Waals surface area contributed by atoms with E-state index in [1.807, 2.05) is 13.0 Å². The zero-order chi connectivity index (χ0) is 14.8. The van der Waals surface area contributed by atoms with E-state index in [1.54, 1.807) is 30.3 Å². The molecule has 0 radical (unpaired) electrons. The predicted molar refractivity (Wildman–Crippen MR) is 77.4 cm³/mol. The predicted octanol–water partition coefficient (Wildman–Crippen LogP) is 3.64. The highest BCUT2D eigenvalue weighted by Crippen LogP contribution is 2.32. The SMILES string of the molecule is Cc1ccc(Oc2nc3ccccc3cc2[N+](=O)[O-])cn1. The van der Waals surface area contributed by atoms with E-state index < -0.39 is 4.92 Å². The molecule has 0 bridgehead atoms. The quantitative estimate of drug-likeness (QED) is 0.541. The van der Waals surface area contributed by atoms with Gasteiger partial charge in [-0.05, 0) is 25.1 Å². The Morgan fingerprint density at radius 2 is 2.00 bits per heavy atom. The molecule has 6 heteroatoms. The van der Waals surface area contributed by atoms with Crippen molar-refractivity contribution in [3.8, 4) is 11.6 Å². The Kier molecular flexibility index (Phi) is 3.19. The lowest BCUT2D eigenvalue weighted by Gasteiger charge is -2.06. The Labute approximate surface area is 120 Å². The zero-order valence-corrected chi connectivity index (χ0v) is 11.2. The molecule has 2 aromatic heterocycles. The molecule has 3 rings (SSSR count). The highest BCUT2D eigenvalue weighted by atomic mass is 16.6. The van der Waals surface area contributed by atoms with Crippen molar-refractivity contribution in [1.29, 1.82) is 0 Å². The number of para-hydroxylation sites is 1. The molecule has 0 aliphatic carbocycles. The molecule has 0 N–H and O–H groups in total. The van der Waals surface area contributed by atoms with Gasteiger partial charge in [-0.25, -0.2) is 4.98 Å². The van der Waals surface area contributed by atoms with Crippen LogP contribution in [0.3, 0.4) is 0 Å². The number of hydrogen-bond acceptors (Lipinski definition) is 5. The number of aryl methyl sites for hydroxylation is 1. The Balaban J connectivity index is 2.09. The molecule has 0 spiro atoms. The maximum absolute atomic E-state index is 11.2. The van der Waals surface area contributed by atoms with E-state index in [-0.39, 0.29) is 11.6 Å². The molecule has 0 saturated heterocycles. The highest BCUT2D eigenvalue weighted by Gasteiger charge is 2.19. The van der Waals surface area contributed by atoms with Crippen LogP contribution in [0.25, 0.3) is 10.9 Å². The maximum Gasteiger partial charge on any atom is 0.332 e. The van der Waals surface area contributed by atoms with Gasteiger partial charge in [0.05, 0.1) is 16.6 Å². The largest absolute Gasteiger partial charge is 0.432 e. The van der Waals surface area contributed by atoms with Gasteiger partial charge in [-0.1, -0.05) is 18.2 Å². The van der Waals surface area contributed by atoms with Crippen molar-refractivity contribution < 1.29 is 9.66 Å². The van der Waals surface area contributed by atoms with Crippen LogP contribution in [0.2, 0.25) is 0 Å². The lowest BCUT2D eigenvalue weighted by Crippen LogP contribution is -1.97. The molecular weight excluding hydrogens is 270 g/mol. The standard InChI is InChI=1S/C15H11N3O3/c1-10-6-7-12(9-16-10)21-15-14(18(19)20)8-11-4-2-3-5-13(11)17-15/h2-9H,1H3. The molecule has 1 aromatic carbocycles. The van der Waals surface area contributed by atoms with Gasteiger partial charge in [-0.3, -0.25) is 15.1 Å². The maximum atomic E-state index is 11.2. The van der Waals surface area contributed by atoms with Crippen LogP contribution in [0.5, 0.6) is 11.6 Å². The fraction of sp³-hybridized carbons (Fsp3) is 0.0667. The number of rotatable bonds is 3. The molecule has 2 heterocycles. The summed E-state index contributed by atoms with van der Waals surface area (Å²) in [6, 6.07) is 12.1. The van der Waals surface area contributed by atoms with Crippen molar-refractivity contribution in [1.82, 2.24) is 9.97 Å². The zero-order valence-electron chi connectivity index (χ0n) is 11.2. The lowest BCUT2D eigenvalue weighted by molar-refractivity contribution is -0.385. The molecule has 3 aromatic rings. The average Bonchev–Trinajstić information content (AvgIpc) is 2.48. The smallest absolute Gasteiger partial charge is 0.332 e. The number of nitro groups is 1. The second-order valence-corrected chi connectivity index (χ2v) is 4.50. The lowest BCUT2D eigenvalue weighted by atomic mass is 10.2. The minimum atomic E-state index is -0.504. The average molecular weight is 281 g/mol. The fourth-order valence-electron chi connectivity index (χ4n) is 1.92. The summed E-state index contributed by atoms with van der Waals surface area (Å²) in [4.78, 5) is 19.0. The summed E-state index contributed by atoms with van der Waals surface area (Å²) >= 11 is 0. The van der Waals surface area contributed by atoms with Gasteiger partial charge in [-0.2, -0.15) is 0 Å². The second-order valence-electron chi connectivity index (χ2n) is 4.50. The third-order valence-corrected chi connectivity index (χ3v) is 2.97. The summed E-state index contributed by atoms with van der Waals surface area (Å²) in [5.74, 6) is 0.371. The molecule has 0 aliphatic heterocycles. The molecule has 0 atom stereocenters. The van der Waals surface area contributed by atoms with Gasteiger partial charge < -0.3 is 4.74 Å². The van der Waals surface area contributed by atoms with E-state index in [2.05, 4.69) is 9.97 Å². The van der Waals surface area contributed by atoms with Crippen LogP contribution in [-0.4, -0.2) is 14.9 Å². The van der Waals surface area contributed by atoms with E-state index in [4.69, 9.17) is 4.74 Å². The van der Waals surface area contributed by atoms with Crippen molar-refractivity contribution in [2.24, 2.45) is 0 Å². The van der Waals surface area contributed by atoms with E-state index in [0.29, 0.717) is 16.7 Å². The van der Waals surface area contributed by atoms with Crippen LogP contribution in [0, 0.1) is 17.0 Å². The summed E-state index contributed by atoms with van der Waals surface area (Å²) in [7, 11) is 0. The van der Waals surface area contributed by atoms with E-state index >= 15 is 0 Å². The van der Waals surface area contributed by atoms with Gasteiger partial charge >= 0.3 is 5.69 Å². The van der Waals surface area contributed by atoms with Gasteiger partial charge in [0, 0.05) is 17.1 Å². The van der Waals surface area contributed by atoms with Crippen molar-refractivity contribution in [3.05, 3.63) is 64.5 Å². The van der Waals surface area contributed by atoms with Crippen LogP contribution >= 0.6 is 0 Å². The van der Waals surface area contributed by atoms with Gasteiger partial charge in [0.2, 0.25) is 0 Å². The van der Waals surface area contributed by atoms with Gasteiger partial charge in [0.1, 0.15) is 5.75 Å². The number of aromatic nitrogens is 2. The van der Waals surface area contributed by atoms with Crippen LogP contribution in [0.15, 0.2) is 48.7 Å². The highest BCUT2D eigenvalue weighted by molar-refractivity contribution is 5.82. The minimum Gasteiger partial charge on any atom is -0.432 e. The Morgan fingerprint density at radius 1 is 1.19 bits per heavy atom. The number of fused-ring (bicyclic) bond motifs is 1. The monoisotopic (exact) mass is 281 g/mol. The molecule has 0 unspecified atom stereocenters. The molecule has 104 valence electrons. The normalized spacial score (nSPS) is 10.5. The molecule has 0 amide bonds. The molecule has 6 nitrogen and oxygen atoms in total. The van der Waals surface area contributed by atoms with E-state index in [9.17, 15) is 10.1 Å². The van der Waals surface area contributed by atoms with Crippen LogP contribution in [0.4, 0.5) is 5.69 Å². The third-order valence-electron chi connectivity index (χ3n) is 2.97. The third kappa shape index (κ3) is 2.64. The van der Waals surface area contributed by atoms with Crippen LogP contribution in [0.1, 0.15) is 5.69 Å². The summed E-state index contributed by atoms with van der Waals surface area (Å²) in [5.41, 5.74) is 1.30. The number of benzene rings is 1. The molecule has 0 fully saturated rings. The first-order valence-corrected chi connectivity index (χ1v) is 6.28. The van der Waals surface area contributed by atoms with Crippen molar-refractivity contribution >= 4 is 16.6 Å². The first kappa shape index (κ1) is 13.0. The molecule has 21 heavy (non-hydrogen) atoms. The first-order chi connectivity index (χ1) is 10.1. The minimum absolute atomic E-state index is 0.0376. The summed E-state index contributed by atoms with van der Waals surface area (Å²) in [5, 5.41) is 11.9. The Bertz CT molecular complexity index is 816. The number of hydrogen-bond donors (Lipinski definition) is 0. The number of nitrogens with zero attached hydrogens (tertiary/aromatic N) is 3. The van der Waals surface area contributed by atoms with Crippen LogP contribution in [-0.2, 0) is 0 Å². The second kappa shape index (κ2) is 5.16. The Hall–Kier alpha value is -3.02. The number of ether oxygens (including phenoxy) is 1. The summed E-state index contributed by atoms with van der Waals surface area (Å²) in [6.45, 7) is 1.85. The Morgan fingerprint density at radius 3 is 2.71 bits per heavy atom. The van der Waals surface area contributed by atoms with Crippen molar-refractivity contribution in [2.45, 2.75) is 6.92 Å². The number of pyridine rings is 2. The van der Waals surface area contributed by atoms with E-state index in [0.717, 1.165) is 5.69 Å². The molecule has 0 saturated carbocycles. The van der Waals surface area contributed by atoms with Crippen molar-refractivity contribution in [2.75, 3.05) is 0 Å². The van der Waals surface area contributed by atoms with E-state index in [1.165, 1.54) is 12.3 Å². The van der Waals surface area contributed by atoms with Gasteiger partial charge in [0.15, 0.2) is 0 Å². The fourth-order valence-corrected chi connectivity index (χ4v) is 1.92. The summed E-state index contributed by atoms with van der Waals surface area (Å²) in [6.07, 6.45) is 1.51. The molecular formula is C15H11N3O3. The molecule has 0 aliphatic rings. The first-order valence-electron chi connectivity index (χ1n) is 6.28. The van der Waals surface area contributed by atoms with Gasteiger partial charge in [0.25, 0.3) is 5.88 Å².